The van der Waals surface area contributed by atoms with E-state index in [1.54, 1.807) is 6.20 Å². The van der Waals surface area contributed by atoms with Gasteiger partial charge in [0.1, 0.15) is 5.82 Å². The average Bonchev–Trinajstić information content (AvgIpc) is 3.04. The van der Waals surface area contributed by atoms with E-state index in [2.05, 4.69) is 15.1 Å². The highest BCUT2D eigenvalue weighted by Gasteiger charge is 2.34. The van der Waals surface area contributed by atoms with Crippen molar-refractivity contribution in [1.29, 1.82) is 0 Å². The van der Waals surface area contributed by atoms with Gasteiger partial charge in [0, 0.05) is 38.2 Å². The number of aromatic nitrogens is 2. The van der Waals surface area contributed by atoms with Gasteiger partial charge in [0.2, 0.25) is 5.91 Å². The van der Waals surface area contributed by atoms with Crippen LogP contribution in [0.4, 0.5) is 5.82 Å². The molecule has 1 aromatic heterocycles. The molecule has 86 valence electrons. The fourth-order valence-electron chi connectivity index (χ4n) is 2.18. The number of rotatable bonds is 2. The monoisotopic (exact) mass is 220 g/mol. The molecule has 3 rings (SSSR count). The van der Waals surface area contributed by atoms with E-state index in [0.29, 0.717) is 11.8 Å². The van der Waals surface area contributed by atoms with Crippen LogP contribution < -0.4 is 4.90 Å². The summed E-state index contributed by atoms with van der Waals surface area (Å²) in [5.41, 5.74) is 0. The number of nitrogens with one attached hydrogen (secondary N) is 1. The molecule has 1 N–H and O–H groups in total. The molecule has 1 saturated carbocycles. The van der Waals surface area contributed by atoms with Crippen LogP contribution in [0.15, 0.2) is 12.3 Å². The van der Waals surface area contributed by atoms with Crippen LogP contribution in [0.2, 0.25) is 0 Å². The standard InChI is InChI=1S/C11H16N4O/c16-11(9-1-2-9)15-7-5-14(6-8-15)10-3-4-12-13-10/h3-4,9H,1-2,5-8H2,(H,12,13). The highest BCUT2D eigenvalue weighted by molar-refractivity contribution is 5.81. The van der Waals surface area contributed by atoms with E-state index in [-0.39, 0.29) is 0 Å². The van der Waals surface area contributed by atoms with Gasteiger partial charge in [0.25, 0.3) is 0 Å². The average molecular weight is 220 g/mol. The first-order chi connectivity index (χ1) is 7.84. The van der Waals surface area contributed by atoms with Crippen LogP contribution in [0.3, 0.4) is 0 Å². The number of carbonyl (C=O) groups excluding carboxylic acids is 1. The highest BCUT2D eigenvalue weighted by Crippen LogP contribution is 2.31. The lowest BCUT2D eigenvalue weighted by atomic mass is 10.2. The number of H-pyrrole nitrogens is 1. The number of carbonyl (C=O) groups is 1. The maximum absolute atomic E-state index is 11.8. The van der Waals surface area contributed by atoms with E-state index >= 15 is 0 Å². The summed E-state index contributed by atoms with van der Waals surface area (Å²) in [7, 11) is 0. The first kappa shape index (κ1) is 9.69. The zero-order valence-electron chi connectivity index (χ0n) is 9.22. The molecule has 1 aromatic rings. The second kappa shape index (κ2) is 3.81. The van der Waals surface area contributed by atoms with Gasteiger partial charge in [-0.15, -0.1) is 0 Å². The first-order valence-electron chi connectivity index (χ1n) is 5.88. The number of hydrogen-bond acceptors (Lipinski definition) is 3. The molecule has 0 aromatic carbocycles. The van der Waals surface area contributed by atoms with Crippen LogP contribution in [0, 0.1) is 5.92 Å². The van der Waals surface area contributed by atoms with Crippen LogP contribution in [-0.2, 0) is 4.79 Å². The first-order valence-corrected chi connectivity index (χ1v) is 5.88. The normalized spacial score (nSPS) is 21.2. The molecule has 1 amide bonds. The Morgan fingerprint density at radius 1 is 1.31 bits per heavy atom. The Morgan fingerprint density at radius 3 is 2.62 bits per heavy atom. The van der Waals surface area contributed by atoms with Crippen molar-refractivity contribution in [3.05, 3.63) is 12.3 Å². The fraction of sp³-hybridized carbons (Fsp3) is 0.636. The number of aromatic amines is 1. The van der Waals surface area contributed by atoms with Gasteiger partial charge in [-0.2, -0.15) is 5.10 Å². The molecule has 0 unspecified atom stereocenters. The Bertz CT molecular complexity index is 363. The molecule has 5 heteroatoms. The van der Waals surface area contributed by atoms with E-state index in [1.165, 1.54) is 0 Å². The van der Waals surface area contributed by atoms with Crippen molar-refractivity contribution in [3.8, 4) is 0 Å². The van der Waals surface area contributed by atoms with Gasteiger partial charge in [0.15, 0.2) is 0 Å². The lowest BCUT2D eigenvalue weighted by Crippen LogP contribution is -2.49. The van der Waals surface area contributed by atoms with E-state index in [0.717, 1.165) is 44.8 Å². The minimum Gasteiger partial charge on any atom is -0.353 e. The van der Waals surface area contributed by atoms with Gasteiger partial charge >= 0.3 is 0 Å². The van der Waals surface area contributed by atoms with Crippen molar-refractivity contribution in [2.75, 3.05) is 31.1 Å². The van der Waals surface area contributed by atoms with Gasteiger partial charge in [-0.3, -0.25) is 9.89 Å². The van der Waals surface area contributed by atoms with E-state index in [1.807, 2.05) is 11.0 Å². The molecule has 2 aliphatic rings. The molecule has 1 aliphatic heterocycles. The number of hydrogen-bond donors (Lipinski definition) is 1. The Hall–Kier alpha value is -1.52. The number of anilines is 1. The SMILES string of the molecule is O=C(C1CC1)N1CCN(c2ccn[nH]2)CC1. The zero-order valence-corrected chi connectivity index (χ0v) is 9.22. The van der Waals surface area contributed by atoms with Crippen molar-refractivity contribution >= 4 is 11.7 Å². The van der Waals surface area contributed by atoms with Crippen LogP contribution in [0.25, 0.3) is 0 Å². The predicted molar refractivity (Wildman–Crippen MR) is 60.1 cm³/mol. The molecule has 2 heterocycles. The summed E-state index contributed by atoms with van der Waals surface area (Å²) < 4.78 is 0. The van der Waals surface area contributed by atoms with Crippen LogP contribution in [0.1, 0.15) is 12.8 Å². The third kappa shape index (κ3) is 1.77. The van der Waals surface area contributed by atoms with Crippen molar-refractivity contribution in [2.45, 2.75) is 12.8 Å². The largest absolute Gasteiger partial charge is 0.353 e. The summed E-state index contributed by atoms with van der Waals surface area (Å²) in [6.07, 6.45) is 3.95. The van der Waals surface area contributed by atoms with Crippen molar-refractivity contribution in [2.24, 2.45) is 5.92 Å². The lowest BCUT2D eigenvalue weighted by Gasteiger charge is -2.35. The zero-order chi connectivity index (χ0) is 11.0. The minimum atomic E-state index is 0.346. The molecule has 0 spiro atoms. The van der Waals surface area contributed by atoms with Gasteiger partial charge in [-0.05, 0) is 12.8 Å². The van der Waals surface area contributed by atoms with Crippen molar-refractivity contribution < 1.29 is 4.79 Å². The lowest BCUT2D eigenvalue weighted by molar-refractivity contribution is -0.132. The molecule has 0 bridgehead atoms. The van der Waals surface area contributed by atoms with Crippen molar-refractivity contribution in [3.63, 3.8) is 0 Å². The predicted octanol–water partition coefficient (Wildman–Crippen LogP) is 0.468. The molecule has 1 saturated heterocycles. The Kier molecular flexibility index (Phi) is 2.31. The summed E-state index contributed by atoms with van der Waals surface area (Å²) in [5, 5.41) is 6.90. The maximum atomic E-state index is 11.8. The summed E-state index contributed by atoms with van der Waals surface area (Å²) in [5.74, 6) is 1.77. The molecular formula is C11H16N4O. The van der Waals surface area contributed by atoms with Crippen LogP contribution in [-0.4, -0.2) is 47.2 Å². The maximum Gasteiger partial charge on any atom is 0.225 e. The molecule has 0 atom stereocenters. The second-order valence-electron chi connectivity index (χ2n) is 4.53. The Labute approximate surface area is 94.4 Å². The fourth-order valence-corrected chi connectivity index (χ4v) is 2.18. The second-order valence-corrected chi connectivity index (χ2v) is 4.53. The summed E-state index contributed by atoms with van der Waals surface area (Å²) in [4.78, 5) is 16.1. The quantitative estimate of drug-likeness (QED) is 0.788. The molecule has 16 heavy (non-hydrogen) atoms. The van der Waals surface area contributed by atoms with E-state index in [9.17, 15) is 4.79 Å². The molecule has 1 aliphatic carbocycles. The highest BCUT2D eigenvalue weighted by atomic mass is 16.2. The summed E-state index contributed by atoms with van der Waals surface area (Å²) in [6, 6.07) is 1.97. The summed E-state index contributed by atoms with van der Waals surface area (Å²) in [6.45, 7) is 3.49. The smallest absolute Gasteiger partial charge is 0.225 e. The van der Waals surface area contributed by atoms with E-state index in [4.69, 9.17) is 0 Å². The Morgan fingerprint density at radius 2 is 2.06 bits per heavy atom. The molecule has 2 fully saturated rings. The van der Waals surface area contributed by atoms with Gasteiger partial charge < -0.3 is 9.80 Å². The van der Waals surface area contributed by atoms with Gasteiger partial charge in [-0.25, -0.2) is 0 Å². The molecule has 5 nitrogen and oxygen atoms in total. The number of nitrogens with zero attached hydrogens (tertiary/aromatic N) is 3. The molecule has 0 radical (unpaired) electrons. The van der Waals surface area contributed by atoms with Crippen LogP contribution >= 0.6 is 0 Å². The third-order valence-corrected chi connectivity index (χ3v) is 3.34. The number of piperazine rings is 1. The van der Waals surface area contributed by atoms with E-state index < -0.39 is 0 Å². The summed E-state index contributed by atoms with van der Waals surface area (Å²) >= 11 is 0. The van der Waals surface area contributed by atoms with Gasteiger partial charge in [0.05, 0.1) is 6.20 Å². The minimum absolute atomic E-state index is 0.346. The Balaban J connectivity index is 1.57. The third-order valence-electron chi connectivity index (χ3n) is 3.34. The topological polar surface area (TPSA) is 52.2 Å². The van der Waals surface area contributed by atoms with Crippen LogP contribution in [0.5, 0.6) is 0 Å². The van der Waals surface area contributed by atoms with Crippen molar-refractivity contribution in [1.82, 2.24) is 15.1 Å². The molecular weight excluding hydrogens is 204 g/mol. The van der Waals surface area contributed by atoms with Gasteiger partial charge in [-0.1, -0.05) is 0 Å². The number of amides is 1.